The number of carbonyl (C=O) groups excluding carboxylic acids is 1. The van der Waals surface area contributed by atoms with Crippen LogP contribution in [0.15, 0.2) is 60.7 Å². The number of amides is 1. The van der Waals surface area contributed by atoms with Crippen molar-refractivity contribution < 1.29 is 4.79 Å². The first kappa shape index (κ1) is 24.3. The Morgan fingerprint density at radius 1 is 0.889 bits per heavy atom. The molecule has 1 fully saturated rings. The molecule has 0 atom stereocenters. The summed E-state index contributed by atoms with van der Waals surface area (Å²) in [6, 6.07) is 21.2. The van der Waals surface area contributed by atoms with E-state index in [1.54, 1.807) is 0 Å². The van der Waals surface area contributed by atoms with Crippen LogP contribution in [0.5, 0.6) is 0 Å². The minimum absolute atomic E-state index is 0.0179. The average molecular weight is 485 g/mol. The van der Waals surface area contributed by atoms with Gasteiger partial charge in [0.1, 0.15) is 11.5 Å². The zero-order valence-corrected chi connectivity index (χ0v) is 21.3. The van der Waals surface area contributed by atoms with Crippen LogP contribution in [0.25, 0.3) is 0 Å². The Hall–Kier alpha value is -3.45. The molecule has 188 valence electrons. The smallest absolute Gasteiger partial charge is 0.273 e. The molecule has 5 rings (SSSR count). The number of anilines is 2. The van der Waals surface area contributed by atoms with Crippen molar-refractivity contribution in [3.05, 3.63) is 83.0 Å². The molecule has 3 heterocycles. The molecule has 36 heavy (non-hydrogen) atoms. The van der Waals surface area contributed by atoms with E-state index in [1.165, 1.54) is 24.0 Å². The quantitative estimate of drug-likeness (QED) is 0.438. The highest BCUT2D eigenvalue weighted by atomic mass is 16.2. The van der Waals surface area contributed by atoms with Gasteiger partial charge < -0.3 is 20.4 Å². The van der Waals surface area contributed by atoms with E-state index in [0.717, 1.165) is 37.6 Å². The highest BCUT2D eigenvalue weighted by molar-refractivity contribution is 5.98. The average Bonchev–Trinajstić information content (AvgIpc) is 3.54. The number of benzene rings is 2. The summed E-state index contributed by atoms with van der Waals surface area (Å²) >= 11 is 0. The van der Waals surface area contributed by atoms with Crippen molar-refractivity contribution in [2.24, 2.45) is 0 Å². The van der Waals surface area contributed by atoms with Gasteiger partial charge in [-0.3, -0.25) is 4.79 Å². The maximum Gasteiger partial charge on any atom is 0.273 e. The highest BCUT2D eigenvalue weighted by Gasteiger charge is 2.34. The van der Waals surface area contributed by atoms with Gasteiger partial charge in [-0.2, -0.15) is 4.98 Å². The van der Waals surface area contributed by atoms with Gasteiger partial charge in [0, 0.05) is 37.2 Å². The zero-order valence-electron chi connectivity index (χ0n) is 21.3. The predicted octanol–water partition coefficient (Wildman–Crippen LogP) is 4.59. The Balaban J connectivity index is 1.40. The van der Waals surface area contributed by atoms with Gasteiger partial charge >= 0.3 is 0 Å². The molecule has 3 aromatic rings. The molecule has 0 saturated carbocycles. The molecule has 7 heteroatoms. The molecule has 1 amide bonds. The molecule has 1 aromatic heterocycles. The van der Waals surface area contributed by atoms with Crippen LogP contribution in [0, 0.1) is 0 Å². The summed E-state index contributed by atoms with van der Waals surface area (Å²) in [4.78, 5) is 27.0. The molecular weight excluding hydrogens is 448 g/mol. The van der Waals surface area contributed by atoms with E-state index < -0.39 is 0 Å². The van der Waals surface area contributed by atoms with Crippen molar-refractivity contribution >= 4 is 17.7 Å². The minimum Gasteiger partial charge on any atom is -0.369 e. The van der Waals surface area contributed by atoms with E-state index in [2.05, 4.69) is 69.0 Å². The van der Waals surface area contributed by atoms with E-state index in [0.29, 0.717) is 24.7 Å². The number of carbonyl (C=O) groups is 1. The topological polar surface area (TPSA) is 73.4 Å². The number of hydrogen-bond donors (Lipinski definition) is 2. The maximum absolute atomic E-state index is 13.2. The minimum atomic E-state index is -0.0179. The molecule has 0 unspecified atom stereocenters. The second kappa shape index (κ2) is 11.1. The second-order valence-electron chi connectivity index (χ2n) is 9.98. The van der Waals surface area contributed by atoms with Gasteiger partial charge in [-0.15, -0.1) is 0 Å². The van der Waals surface area contributed by atoms with Gasteiger partial charge in [0.25, 0.3) is 5.91 Å². The first-order valence-electron chi connectivity index (χ1n) is 13.1. The van der Waals surface area contributed by atoms with Crippen molar-refractivity contribution in [1.29, 1.82) is 0 Å². The molecule has 2 aliphatic heterocycles. The normalized spacial score (nSPS) is 15.7. The fraction of sp³-hybridized carbons (Fsp3) is 0.414. The van der Waals surface area contributed by atoms with Crippen molar-refractivity contribution in [2.45, 2.75) is 45.2 Å². The Morgan fingerprint density at radius 2 is 1.53 bits per heavy atom. The lowest BCUT2D eigenvalue weighted by molar-refractivity contribution is 0.0726. The first-order valence-corrected chi connectivity index (χ1v) is 13.1. The first-order chi connectivity index (χ1) is 17.6. The number of nitrogens with one attached hydrogen (secondary N) is 2. The Kier molecular flexibility index (Phi) is 7.47. The molecular formula is C29H36N6O. The molecule has 0 bridgehead atoms. The van der Waals surface area contributed by atoms with Crippen molar-refractivity contribution in [1.82, 2.24) is 19.8 Å². The fourth-order valence-corrected chi connectivity index (χ4v) is 5.16. The number of rotatable bonds is 10. The van der Waals surface area contributed by atoms with Crippen LogP contribution in [0.2, 0.25) is 0 Å². The SMILES string of the molecule is CC(C)N1Cc2c(NCC(c3ccccc3)c3ccccc3)nc(NCCN3CCCC3)nc2C1=O. The number of likely N-dealkylation sites (tertiary alicyclic amines) is 1. The highest BCUT2D eigenvalue weighted by Crippen LogP contribution is 2.31. The second-order valence-corrected chi connectivity index (χ2v) is 9.98. The van der Waals surface area contributed by atoms with Gasteiger partial charge in [-0.1, -0.05) is 60.7 Å². The van der Waals surface area contributed by atoms with E-state index in [-0.39, 0.29) is 17.9 Å². The van der Waals surface area contributed by atoms with Crippen molar-refractivity contribution in [3.8, 4) is 0 Å². The molecule has 0 aliphatic carbocycles. The molecule has 2 N–H and O–H groups in total. The fourth-order valence-electron chi connectivity index (χ4n) is 5.16. The molecule has 7 nitrogen and oxygen atoms in total. The molecule has 0 radical (unpaired) electrons. The third-order valence-corrected chi connectivity index (χ3v) is 7.21. The summed E-state index contributed by atoms with van der Waals surface area (Å²) < 4.78 is 0. The van der Waals surface area contributed by atoms with Gasteiger partial charge in [-0.05, 0) is 50.9 Å². The van der Waals surface area contributed by atoms with Gasteiger partial charge in [0.2, 0.25) is 5.95 Å². The number of nitrogens with zero attached hydrogens (tertiary/aromatic N) is 4. The summed E-state index contributed by atoms with van der Waals surface area (Å²) in [5.41, 5.74) is 3.89. The van der Waals surface area contributed by atoms with Crippen LogP contribution in [0.4, 0.5) is 11.8 Å². The molecule has 1 saturated heterocycles. The van der Waals surface area contributed by atoms with Gasteiger partial charge in [-0.25, -0.2) is 4.98 Å². The van der Waals surface area contributed by atoms with Crippen molar-refractivity contribution in [3.63, 3.8) is 0 Å². The Labute approximate surface area is 213 Å². The van der Waals surface area contributed by atoms with Gasteiger partial charge in [0.05, 0.1) is 6.54 Å². The largest absolute Gasteiger partial charge is 0.369 e. The molecule has 2 aromatic carbocycles. The van der Waals surface area contributed by atoms with Crippen molar-refractivity contribution in [2.75, 3.05) is 43.4 Å². The van der Waals surface area contributed by atoms with E-state index >= 15 is 0 Å². The number of fused-ring (bicyclic) bond motifs is 1. The summed E-state index contributed by atoms with van der Waals surface area (Å²) in [5, 5.41) is 7.00. The Morgan fingerprint density at radius 3 is 2.14 bits per heavy atom. The summed E-state index contributed by atoms with van der Waals surface area (Å²) in [5.74, 6) is 1.40. The van der Waals surface area contributed by atoms with Crippen LogP contribution < -0.4 is 10.6 Å². The van der Waals surface area contributed by atoms with Crippen LogP contribution in [0.1, 0.15) is 59.8 Å². The third-order valence-electron chi connectivity index (χ3n) is 7.21. The molecule has 0 spiro atoms. The van der Waals surface area contributed by atoms with E-state index in [9.17, 15) is 4.79 Å². The summed E-state index contributed by atoms with van der Waals surface area (Å²) in [7, 11) is 0. The van der Waals surface area contributed by atoms with E-state index in [1.807, 2.05) is 30.9 Å². The van der Waals surface area contributed by atoms with Gasteiger partial charge in [0.15, 0.2) is 0 Å². The lowest BCUT2D eigenvalue weighted by Crippen LogP contribution is -2.31. The standard InChI is InChI=1S/C29H36N6O/c1-21(2)35-20-25-26(28(35)36)32-29(30-15-18-34-16-9-10-17-34)33-27(25)31-19-24(22-11-5-3-6-12-22)23-13-7-4-8-14-23/h3-8,11-14,21,24H,9-10,15-20H2,1-2H3,(H2,30,31,32,33). The third kappa shape index (κ3) is 5.36. The summed E-state index contributed by atoms with van der Waals surface area (Å²) in [6.07, 6.45) is 2.54. The van der Waals surface area contributed by atoms with Crippen LogP contribution in [0.3, 0.4) is 0 Å². The maximum atomic E-state index is 13.2. The zero-order chi connectivity index (χ0) is 24.9. The van der Waals surface area contributed by atoms with Crippen LogP contribution >= 0.6 is 0 Å². The number of hydrogen-bond acceptors (Lipinski definition) is 6. The summed E-state index contributed by atoms with van der Waals surface area (Å²) in [6.45, 7) is 9.31. The van der Waals surface area contributed by atoms with Crippen LogP contribution in [-0.2, 0) is 6.54 Å². The lowest BCUT2D eigenvalue weighted by atomic mass is 9.91. The van der Waals surface area contributed by atoms with E-state index in [4.69, 9.17) is 4.98 Å². The lowest BCUT2D eigenvalue weighted by Gasteiger charge is -2.21. The predicted molar refractivity (Wildman–Crippen MR) is 144 cm³/mol. The van der Waals surface area contributed by atoms with Crippen LogP contribution in [-0.4, -0.2) is 64.4 Å². The molecule has 2 aliphatic rings. The monoisotopic (exact) mass is 484 g/mol. The number of aromatic nitrogens is 2. The Bertz CT molecular complexity index is 1120.